The Morgan fingerprint density at radius 3 is 2.47 bits per heavy atom. The number of hydrogen-bond acceptors (Lipinski definition) is 5. The van der Waals surface area contributed by atoms with Crippen molar-refractivity contribution in [3.05, 3.63) is 76.5 Å². The van der Waals surface area contributed by atoms with Crippen LogP contribution >= 0.6 is 11.3 Å². The second-order valence-electron chi connectivity index (χ2n) is 8.18. The first-order valence-electron chi connectivity index (χ1n) is 11.2. The number of rotatable bonds is 11. The molecule has 2 heterocycles. The van der Waals surface area contributed by atoms with Crippen LogP contribution in [-0.4, -0.2) is 46.0 Å². The molecular weight excluding hydrogens is 438 g/mol. The summed E-state index contributed by atoms with van der Waals surface area (Å²) in [7, 11) is -3.48. The molecule has 0 radical (unpaired) electrons. The van der Waals surface area contributed by atoms with E-state index >= 15 is 0 Å². The Morgan fingerprint density at radius 2 is 1.72 bits per heavy atom. The molecule has 0 atom stereocenters. The van der Waals surface area contributed by atoms with Crippen molar-refractivity contribution in [1.29, 1.82) is 0 Å². The first kappa shape index (κ1) is 23.1. The molecule has 0 saturated carbocycles. The maximum Gasteiger partial charge on any atom is 0.240 e. The van der Waals surface area contributed by atoms with Gasteiger partial charge in [-0.15, -0.1) is 11.3 Å². The van der Waals surface area contributed by atoms with Crippen LogP contribution in [0, 0.1) is 0 Å². The first-order chi connectivity index (χ1) is 15.6. The maximum absolute atomic E-state index is 12.6. The third-order valence-corrected chi connectivity index (χ3v) is 8.21. The lowest BCUT2D eigenvalue weighted by molar-refractivity contribution is 0.344. The Hall–Kier alpha value is -2.03. The van der Waals surface area contributed by atoms with Crippen molar-refractivity contribution >= 4 is 21.4 Å². The molecule has 3 aromatic rings. The molecule has 0 bridgehead atoms. The number of benzene rings is 2. The highest BCUT2D eigenvalue weighted by Crippen LogP contribution is 2.22. The average Bonchev–Trinajstić information content (AvgIpc) is 3.51. The molecule has 0 aliphatic carbocycles. The van der Waals surface area contributed by atoms with Crippen molar-refractivity contribution in [3.63, 3.8) is 0 Å². The van der Waals surface area contributed by atoms with Gasteiger partial charge in [0, 0.05) is 31.1 Å². The minimum absolute atomic E-state index is 0.314. The van der Waals surface area contributed by atoms with Crippen LogP contribution in [-0.2, 0) is 23.0 Å². The fourth-order valence-electron chi connectivity index (χ4n) is 4.01. The predicted molar refractivity (Wildman–Crippen MR) is 132 cm³/mol. The zero-order chi connectivity index (χ0) is 22.2. The lowest BCUT2D eigenvalue weighted by Crippen LogP contribution is -2.33. The zero-order valence-corrected chi connectivity index (χ0v) is 19.9. The van der Waals surface area contributed by atoms with Crippen LogP contribution in [0.5, 0.6) is 0 Å². The summed E-state index contributed by atoms with van der Waals surface area (Å²) in [6.45, 7) is 5.12. The Morgan fingerprint density at radius 1 is 0.906 bits per heavy atom. The van der Waals surface area contributed by atoms with E-state index in [2.05, 4.69) is 56.7 Å². The molecule has 1 saturated heterocycles. The van der Waals surface area contributed by atoms with E-state index in [0.29, 0.717) is 11.4 Å². The summed E-state index contributed by atoms with van der Waals surface area (Å²) >= 11 is 1.79. The van der Waals surface area contributed by atoms with Crippen LogP contribution in [0.3, 0.4) is 0 Å². The van der Waals surface area contributed by atoms with Gasteiger partial charge in [-0.1, -0.05) is 36.4 Å². The van der Waals surface area contributed by atoms with Gasteiger partial charge >= 0.3 is 0 Å². The summed E-state index contributed by atoms with van der Waals surface area (Å²) in [5, 5.41) is 5.61. The number of sulfonamides is 1. The van der Waals surface area contributed by atoms with Gasteiger partial charge < -0.3 is 10.2 Å². The topological polar surface area (TPSA) is 61.4 Å². The van der Waals surface area contributed by atoms with Crippen LogP contribution in [0.15, 0.2) is 70.9 Å². The lowest BCUT2D eigenvalue weighted by Gasteiger charge is -2.15. The second kappa shape index (κ2) is 11.2. The van der Waals surface area contributed by atoms with E-state index in [4.69, 9.17) is 0 Å². The molecule has 1 fully saturated rings. The molecule has 4 rings (SSSR count). The van der Waals surface area contributed by atoms with E-state index in [0.717, 1.165) is 50.3 Å². The Kier molecular flexibility index (Phi) is 8.10. The van der Waals surface area contributed by atoms with Crippen molar-refractivity contribution in [2.75, 3.05) is 32.7 Å². The van der Waals surface area contributed by atoms with E-state index in [1.165, 1.54) is 23.3 Å². The van der Waals surface area contributed by atoms with Gasteiger partial charge in [0.1, 0.15) is 0 Å². The van der Waals surface area contributed by atoms with Gasteiger partial charge in [-0.25, -0.2) is 13.1 Å². The SMILES string of the molecule is O=S(=O)(NCCN1CCCC1)c1ccc(-c2cccc(CNCCc3cccs3)c2)cc1. The summed E-state index contributed by atoms with van der Waals surface area (Å²) in [4.78, 5) is 4.01. The molecule has 32 heavy (non-hydrogen) atoms. The fourth-order valence-corrected chi connectivity index (χ4v) is 5.74. The molecular formula is C25H31N3O2S2. The third-order valence-electron chi connectivity index (χ3n) is 5.80. The average molecular weight is 470 g/mol. The molecule has 7 heteroatoms. The highest BCUT2D eigenvalue weighted by molar-refractivity contribution is 7.89. The molecule has 2 N–H and O–H groups in total. The third kappa shape index (κ3) is 6.49. The van der Waals surface area contributed by atoms with E-state index < -0.39 is 10.0 Å². The summed E-state index contributed by atoms with van der Waals surface area (Å²) in [6.07, 6.45) is 3.46. The van der Waals surface area contributed by atoms with Gasteiger partial charge in [0.25, 0.3) is 0 Å². The highest BCUT2D eigenvalue weighted by atomic mass is 32.2. The fraction of sp³-hybridized carbons (Fsp3) is 0.360. The Bertz CT molecular complexity index is 1070. The highest BCUT2D eigenvalue weighted by Gasteiger charge is 2.16. The number of likely N-dealkylation sites (tertiary alicyclic amines) is 1. The quantitative estimate of drug-likeness (QED) is 0.415. The Labute approximate surface area is 195 Å². The Balaban J connectivity index is 1.31. The van der Waals surface area contributed by atoms with Crippen molar-refractivity contribution in [2.45, 2.75) is 30.7 Å². The largest absolute Gasteiger partial charge is 0.312 e. The number of nitrogens with one attached hydrogen (secondary N) is 2. The van der Waals surface area contributed by atoms with Gasteiger partial charge in [-0.05, 0) is 78.7 Å². The van der Waals surface area contributed by atoms with Crippen LogP contribution in [0.1, 0.15) is 23.3 Å². The summed E-state index contributed by atoms with van der Waals surface area (Å²) in [5.41, 5.74) is 3.32. The van der Waals surface area contributed by atoms with Crippen molar-refractivity contribution in [3.8, 4) is 11.1 Å². The minimum Gasteiger partial charge on any atom is -0.312 e. The molecule has 1 aromatic heterocycles. The molecule has 0 unspecified atom stereocenters. The standard InChI is InChI=1S/C25H31N3O2S2/c29-32(30,27-14-17-28-15-1-2-16-28)25-10-8-22(9-11-25)23-6-3-5-21(19-23)20-26-13-12-24-7-4-18-31-24/h3-11,18-19,26-27H,1-2,12-17,20H2. The van der Waals surface area contributed by atoms with Gasteiger partial charge in [0.05, 0.1) is 4.90 Å². The lowest BCUT2D eigenvalue weighted by atomic mass is 10.0. The number of hydrogen-bond donors (Lipinski definition) is 2. The normalized spacial score (nSPS) is 14.8. The van der Waals surface area contributed by atoms with Crippen molar-refractivity contribution in [1.82, 2.24) is 14.9 Å². The number of thiophene rings is 1. The van der Waals surface area contributed by atoms with Crippen LogP contribution in [0.4, 0.5) is 0 Å². The van der Waals surface area contributed by atoms with Crippen LogP contribution in [0.25, 0.3) is 11.1 Å². The molecule has 5 nitrogen and oxygen atoms in total. The van der Waals surface area contributed by atoms with Crippen LogP contribution < -0.4 is 10.0 Å². The van der Waals surface area contributed by atoms with E-state index in [1.54, 1.807) is 23.5 Å². The van der Waals surface area contributed by atoms with Gasteiger partial charge in [-0.2, -0.15) is 0 Å². The van der Waals surface area contributed by atoms with Crippen molar-refractivity contribution < 1.29 is 8.42 Å². The first-order valence-corrected chi connectivity index (χ1v) is 13.6. The second-order valence-corrected chi connectivity index (χ2v) is 11.0. The van der Waals surface area contributed by atoms with E-state index in [9.17, 15) is 8.42 Å². The van der Waals surface area contributed by atoms with E-state index in [-0.39, 0.29) is 0 Å². The molecule has 1 aliphatic rings. The number of nitrogens with zero attached hydrogens (tertiary/aromatic N) is 1. The zero-order valence-electron chi connectivity index (χ0n) is 18.3. The van der Waals surface area contributed by atoms with Gasteiger partial charge in [0.2, 0.25) is 10.0 Å². The molecule has 2 aromatic carbocycles. The monoisotopic (exact) mass is 469 g/mol. The summed E-state index contributed by atoms with van der Waals surface area (Å²) in [6, 6.07) is 19.8. The van der Waals surface area contributed by atoms with Gasteiger partial charge in [0.15, 0.2) is 0 Å². The molecule has 0 spiro atoms. The van der Waals surface area contributed by atoms with E-state index in [1.807, 2.05) is 12.1 Å². The smallest absolute Gasteiger partial charge is 0.240 e. The minimum atomic E-state index is -3.48. The van der Waals surface area contributed by atoms with Crippen LogP contribution in [0.2, 0.25) is 0 Å². The molecule has 170 valence electrons. The summed E-state index contributed by atoms with van der Waals surface area (Å²) < 4.78 is 27.9. The maximum atomic E-state index is 12.6. The van der Waals surface area contributed by atoms with Gasteiger partial charge in [-0.3, -0.25) is 0 Å². The molecule has 0 amide bonds. The van der Waals surface area contributed by atoms with Crippen molar-refractivity contribution in [2.24, 2.45) is 0 Å². The summed E-state index contributed by atoms with van der Waals surface area (Å²) in [5.74, 6) is 0. The molecule has 1 aliphatic heterocycles. The predicted octanol–water partition coefficient (Wildman–Crippen LogP) is 4.12.